The van der Waals surface area contributed by atoms with Gasteiger partial charge in [-0.1, -0.05) is 63.6 Å². The third-order valence-corrected chi connectivity index (χ3v) is 14.3. The quantitative estimate of drug-likeness (QED) is 0.161. The number of carbonyl (C=O) groups is 3. The Morgan fingerprint density at radius 3 is 2.56 bits per heavy atom. The average Bonchev–Trinajstić information content (AvgIpc) is 3.46. The zero-order valence-corrected chi connectivity index (χ0v) is 31.4. The van der Waals surface area contributed by atoms with Crippen LogP contribution < -0.4 is 10.2 Å². The summed E-state index contributed by atoms with van der Waals surface area (Å²) in [4.78, 5) is 45.8. The van der Waals surface area contributed by atoms with Gasteiger partial charge in [-0.05, 0) is 73.3 Å². The molecule has 8 nitrogen and oxygen atoms in total. The number of thioether (sulfide) groups is 1. The lowest BCUT2D eigenvalue weighted by Gasteiger charge is -2.61. The number of nitrogens with zero attached hydrogens (tertiary/aromatic N) is 2. The fraction of sp³-hybridized carbons (Fsp3) is 0.575. The van der Waals surface area contributed by atoms with Crippen molar-refractivity contribution in [3.63, 3.8) is 0 Å². The standard InChI is InChI=1S/C40H52ClN3O5S/c1-6-38(4)23-33(39(5)26(2)14-16-40(27(3)37(38)48)17-15-31(45)36(39)40)49-35(47)25-50-32-13-8-7-12-30(32)42-34(46)24-43-18-20-44(21-19-43)29-11-9-10-28(41)22-29/h6-13,22,26-27,33,36-37,48H,1,14-21,23-25H2,2-5H3,(H,42,46)/t26-,27+,33-,36+,37+,38-,39+,40+/m1/s1. The van der Waals surface area contributed by atoms with Crippen molar-refractivity contribution in [1.29, 1.82) is 0 Å². The van der Waals surface area contributed by atoms with Gasteiger partial charge in [-0.3, -0.25) is 19.3 Å². The van der Waals surface area contributed by atoms with Gasteiger partial charge in [0, 0.05) is 65.0 Å². The van der Waals surface area contributed by atoms with E-state index in [1.54, 1.807) is 0 Å². The number of nitrogens with one attached hydrogen (secondary N) is 1. The Labute approximate surface area is 306 Å². The van der Waals surface area contributed by atoms with Gasteiger partial charge in [0.2, 0.25) is 5.91 Å². The van der Waals surface area contributed by atoms with E-state index in [0.717, 1.165) is 56.0 Å². The van der Waals surface area contributed by atoms with Crippen molar-refractivity contribution < 1.29 is 24.2 Å². The van der Waals surface area contributed by atoms with Crippen molar-refractivity contribution in [2.24, 2.45) is 34.0 Å². The summed E-state index contributed by atoms with van der Waals surface area (Å²) in [5, 5.41) is 15.6. The molecule has 0 spiro atoms. The topological polar surface area (TPSA) is 99.2 Å². The van der Waals surface area contributed by atoms with Crippen molar-refractivity contribution in [3.05, 3.63) is 66.2 Å². The van der Waals surface area contributed by atoms with Crippen LogP contribution in [0.15, 0.2) is 66.1 Å². The molecule has 1 heterocycles. The molecule has 2 aromatic carbocycles. The summed E-state index contributed by atoms with van der Waals surface area (Å²) in [5.41, 5.74) is 0.187. The van der Waals surface area contributed by atoms with E-state index in [0.29, 0.717) is 23.6 Å². The van der Waals surface area contributed by atoms with E-state index in [1.165, 1.54) is 11.8 Å². The minimum absolute atomic E-state index is 0.0484. The van der Waals surface area contributed by atoms with E-state index in [1.807, 2.05) is 55.5 Å². The minimum atomic E-state index is -0.704. The van der Waals surface area contributed by atoms with Gasteiger partial charge in [0.05, 0.1) is 24.1 Å². The highest BCUT2D eigenvalue weighted by Gasteiger charge is 2.68. The Hall–Kier alpha value is -2.85. The lowest BCUT2D eigenvalue weighted by molar-refractivity contribution is -0.205. The van der Waals surface area contributed by atoms with Crippen molar-refractivity contribution in [1.82, 2.24) is 4.90 Å². The number of ether oxygens (including phenoxy) is 1. The zero-order chi connectivity index (χ0) is 35.8. The van der Waals surface area contributed by atoms with Crippen LogP contribution in [0.3, 0.4) is 0 Å². The molecule has 4 fully saturated rings. The van der Waals surface area contributed by atoms with Gasteiger partial charge in [-0.25, -0.2) is 0 Å². The van der Waals surface area contributed by atoms with Gasteiger partial charge >= 0.3 is 5.97 Å². The number of halogens is 1. The van der Waals surface area contributed by atoms with E-state index in [4.69, 9.17) is 16.3 Å². The summed E-state index contributed by atoms with van der Waals surface area (Å²) in [5.74, 6) is -0.365. The van der Waals surface area contributed by atoms with E-state index in [-0.39, 0.29) is 53.1 Å². The van der Waals surface area contributed by atoms with Crippen LogP contribution >= 0.6 is 23.4 Å². The maximum absolute atomic E-state index is 13.7. The molecule has 270 valence electrons. The number of carbonyl (C=O) groups excluding carboxylic acids is 3. The van der Waals surface area contributed by atoms with Gasteiger partial charge in [-0.2, -0.15) is 0 Å². The highest BCUT2D eigenvalue weighted by molar-refractivity contribution is 8.00. The number of hydrogen-bond donors (Lipinski definition) is 2. The maximum atomic E-state index is 13.7. The number of amides is 1. The molecule has 2 aromatic rings. The van der Waals surface area contributed by atoms with Crippen molar-refractivity contribution in [2.75, 3.05) is 48.7 Å². The van der Waals surface area contributed by atoms with Crippen LogP contribution in [0.4, 0.5) is 11.4 Å². The molecule has 50 heavy (non-hydrogen) atoms. The molecular formula is C40H52ClN3O5S. The molecule has 0 unspecified atom stereocenters. The Kier molecular flexibility index (Phi) is 10.8. The van der Waals surface area contributed by atoms with Gasteiger partial charge < -0.3 is 20.1 Å². The number of anilines is 2. The summed E-state index contributed by atoms with van der Waals surface area (Å²) in [7, 11) is 0. The Morgan fingerprint density at radius 2 is 1.84 bits per heavy atom. The molecule has 0 radical (unpaired) electrons. The summed E-state index contributed by atoms with van der Waals surface area (Å²) in [6.45, 7) is 16.0. The molecule has 3 saturated carbocycles. The number of piperazine rings is 1. The van der Waals surface area contributed by atoms with Gasteiger partial charge in [0.1, 0.15) is 11.9 Å². The van der Waals surface area contributed by atoms with Crippen LogP contribution in [0.2, 0.25) is 5.02 Å². The Balaban J connectivity index is 1.10. The number of hydrogen-bond acceptors (Lipinski definition) is 8. The summed E-state index contributed by atoms with van der Waals surface area (Å²) in [6.07, 6.45) is 4.05. The van der Waals surface area contributed by atoms with Crippen LogP contribution in [-0.2, 0) is 19.1 Å². The lowest BCUT2D eigenvalue weighted by Crippen LogP contribution is -2.63. The van der Waals surface area contributed by atoms with E-state index in [2.05, 4.69) is 48.5 Å². The van der Waals surface area contributed by atoms with Crippen LogP contribution in [0.25, 0.3) is 0 Å². The molecule has 1 amide bonds. The van der Waals surface area contributed by atoms with E-state index < -0.39 is 23.0 Å². The molecule has 0 aromatic heterocycles. The number of aliphatic hydroxyl groups excluding tert-OH is 1. The average molecular weight is 722 g/mol. The first-order chi connectivity index (χ1) is 23.8. The number of esters is 1. The molecule has 10 heteroatoms. The maximum Gasteiger partial charge on any atom is 0.316 e. The van der Waals surface area contributed by atoms with Crippen LogP contribution in [0.1, 0.15) is 59.8 Å². The number of aliphatic hydroxyl groups is 1. The van der Waals surface area contributed by atoms with Crippen molar-refractivity contribution >= 4 is 52.4 Å². The third-order valence-electron chi connectivity index (χ3n) is 13.0. The SMILES string of the molecule is C=C[C@]1(C)C[C@@H](OC(=O)CSc2ccccc2NC(=O)CN2CCN(c3cccc(Cl)c3)CC2)[C@]2(C)[C@H](C)CC[C@]3(CCC(=O)[C@H]32)[C@@H](C)[C@@H]1O. The summed E-state index contributed by atoms with van der Waals surface area (Å²) < 4.78 is 6.43. The summed E-state index contributed by atoms with van der Waals surface area (Å²) in [6, 6.07) is 15.3. The van der Waals surface area contributed by atoms with Crippen LogP contribution in [0, 0.1) is 34.0 Å². The molecular weight excluding hydrogens is 670 g/mol. The second kappa shape index (κ2) is 14.6. The van der Waals surface area contributed by atoms with E-state index in [9.17, 15) is 19.5 Å². The smallest absolute Gasteiger partial charge is 0.316 e. The fourth-order valence-corrected chi connectivity index (χ4v) is 10.7. The number of Topliss-reactive ketones (excluding diaryl/α,β-unsaturated/α-hetero) is 1. The molecule has 4 aliphatic rings. The zero-order valence-electron chi connectivity index (χ0n) is 29.8. The Bertz CT molecular complexity index is 1610. The first kappa shape index (κ1) is 36.9. The lowest BCUT2D eigenvalue weighted by atomic mass is 9.44. The normalized spacial score (nSPS) is 34.3. The summed E-state index contributed by atoms with van der Waals surface area (Å²) >= 11 is 7.51. The first-order valence-electron chi connectivity index (χ1n) is 18.1. The highest BCUT2D eigenvalue weighted by Crippen LogP contribution is 2.68. The van der Waals surface area contributed by atoms with Gasteiger partial charge in [0.15, 0.2) is 0 Å². The number of rotatable bonds is 9. The predicted octanol–water partition coefficient (Wildman–Crippen LogP) is 7.10. The molecule has 3 aliphatic carbocycles. The van der Waals surface area contributed by atoms with Gasteiger partial charge in [0.25, 0.3) is 0 Å². The minimum Gasteiger partial charge on any atom is -0.461 e. The van der Waals surface area contributed by atoms with Crippen LogP contribution in [0.5, 0.6) is 0 Å². The van der Waals surface area contributed by atoms with E-state index >= 15 is 0 Å². The van der Waals surface area contributed by atoms with Gasteiger partial charge in [-0.15, -0.1) is 18.3 Å². The molecule has 1 saturated heterocycles. The molecule has 2 N–H and O–H groups in total. The number of benzene rings is 2. The van der Waals surface area contributed by atoms with Crippen molar-refractivity contribution in [2.45, 2.75) is 76.9 Å². The highest BCUT2D eigenvalue weighted by atomic mass is 35.5. The van der Waals surface area contributed by atoms with Crippen LogP contribution in [-0.4, -0.2) is 78.4 Å². The number of para-hydroxylation sites is 1. The molecule has 8 atom stereocenters. The molecule has 1 aliphatic heterocycles. The second-order valence-corrected chi connectivity index (χ2v) is 17.1. The molecule has 2 bridgehead atoms. The number of ketones is 1. The Morgan fingerprint density at radius 1 is 1.10 bits per heavy atom. The second-order valence-electron chi connectivity index (χ2n) is 15.6. The third kappa shape index (κ3) is 6.87. The fourth-order valence-electron chi connectivity index (χ4n) is 9.76. The monoisotopic (exact) mass is 721 g/mol. The predicted molar refractivity (Wildman–Crippen MR) is 201 cm³/mol. The first-order valence-corrected chi connectivity index (χ1v) is 19.5. The molecule has 6 rings (SSSR count). The largest absolute Gasteiger partial charge is 0.461 e. The van der Waals surface area contributed by atoms with Crippen molar-refractivity contribution in [3.8, 4) is 0 Å².